The van der Waals surface area contributed by atoms with E-state index in [1.165, 1.54) is 0 Å². The van der Waals surface area contributed by atoms with Crippen LogP contribution in [0, 0.1) is 5.92 Å². The zero-order valence-electron chi connectivity index (χ0n) is 9.59. The summed E-state index contributed by atoms with van der Waals surface area (Å²) in [6.45, 7) is 2.43. The smallest absolute Gasteiger partial charge is 0.308 e. The fourth-order valence-corrected chi connectivity index (χ4v) is 2.58. The molecule has 6 heteroatoms. The maximum atomic E-state index is 11.0. The fourth-order valence-electron chi connectivity index (χ4n) is 2.58. The molecule has 0 saturated carbocycles. The van der Waals surface area contributed by atoms with Crippen molar-refractivity contribution in [3.63, 3.8) is 0 Å². The third-order valence-corrected chi connectivity index (χ3v) is 3.65. The van der Waals surface area contributed by atoms with Crippen molar-refractivity contribution in [1.29, 1.82) is 0 Å². The summed E-state index contributed by atoms with van der Waals surface area (Å²) in [7, 11) is 0. The maximum Gasteiger partial charge on any atom is 0.308 e. The summed E-state index contributed by atoms with van der Waals surface area (Å²) in [4.78, 5) is 15.5. The minimum absolute atomic E-state index is 0.307. The fraction of sp³-hybridized carbons (Fsp3) is 0.727. The van der Waals surface area contributed by atoms with Gasteiger partial charge in [0.2, 0.25) is 0 Å². The van der Waals surface area contributed by atoms with E-state index in [0.717, 1.165) is 37.6 Å². The van der Waals surface area contributed by atoms with Gasteiger partial charge >= 0.3 is 5.97 Å². The highest BCUT2D eigenvalue weighted by Crippen LogP contribution is 2.23. The van der Waals surface area contributed by atoms with Gasteiger partial charge < -0.3 is 10.4 Å². The first-order chi connectivity index (χ1) is 8.24. The summed E-state index contributed by atoms with van der Waals surface area (Å²) in [5.41, 5.74) is 0. The lowest BCUT2D eigenvalue weighted by Crippen LogP contribution is -2.27. The number of rotatable bonds is 2. The van der Waals surface area contributed by atoms with Gasteiger partial charge in [-0.05, 0) is 19.4 Å². The lowest BCUT2D eigenvalue weighted by molar-refractivity contribution is -0.142. The first-order valence-corrected chi connectivity index (χ1v) is 6.11. The largest absolute Gasteiger partial charge is 0.481 e. The average molecular weight is 236 g/mol. The number of nitrogens with zero attached hydrogens (tertiary/aromatic N) is 3. The number of fused-ring (bicyclic) bond motifs is 1. The van der Waals surface area contributed by atoms with Gasteiger partial charge in [-0.2, -0.15) is 5.10 Å². The summed E-state index contributed by atoms with van der Waals surface area (Å²) < 4.78 is 1.79. The zero-order valence-corrected chi connectivity index (χ0v) is 9.59. The van der Waals surface area contributed by atoms with Crippen molar-refractivity contribution in [2.75, 3.05) is 13.1 Å². The van der Waals surface area contributed by atoms with E-state index in [-0.39, 0.29) is 5.92 Å². The summed E-state index contributed by atoms with van der Waals surface area (Å²) in [5.74, 6) is 1.20. The first kappa shape index (κ1) is 10.7. The number of carbonyl (C=O) groups is 1. The molecule has 2 unspecified atom stereocenters. The van der Waals surface area contributed by atoms with Crippen LogP contribution in [0.5, 0.6) is 0 Å². The Bertz CT molecular complexity index is 437. The van der Waals surface area contributed by atoms with E-state index in [0.29, 0.717) is 18.9 Å². The number of aliphatic carboxylic acids is 1. The highest BCUT2D eigenvalue weighted by Gasteiger charge is 2.28. The molecule has 6 nitrogen and oxygen atoms in total. The van der Waals surface area contributed by atoms with Crippen molar-refractivity contribution < 1.29 is 9.90 Å². The molecule has 2 aliphatic rings. The predicted molar refractivity (Wildman–Crippen MR) is 59.7 cm³/mol. The molecule has 2 N–H and O–H groups in total. The molecule has 3 heterocycles. The second-order valence-electron chi connectivity index (χ2n) is 4.83. The SMILES string of the molecule is O=C(O)C1CCc2nc(C3CCNC3)nn2C1. The lowest BCUT2D eigenvalue weighted by Gasteiger charge is -2.18. The molecule has 1 saturated heterocycles. The van der Waals surface area contributed by atoms with Crippen molar-refractivity contribution in [1.82, 2.24) is 20.1 Å². The van der Waals surface area contributed by atoms with Crippen molar-refractivity contribution in [3.05, 3.63) is 11.6 Å². The Morgan fingerprint density at radius 2 is 2.35 bits per heavy atom. The van der Waals surface area contributed by atoms with Crippen LogP contribution in [0.4, 0.5) is 0 Å². The lowest BCUT2D eigenvalue weighted by atomic mass is 10.0. The summed E-state index contributed by atoms with van der Waals surface area (Å²) in [5, 5.41) is 16.8. The zero-order chi connectivity index (χ0) is 11.8. The Morgan fingerprint density at radius 1 is 1.47 bits per heavy atom. The number of aryl methyl sites for hydroxylation is 1. The topological polar surface area (TPSA) is 80.0 Å². The van der Waals surface area contributed by atoms with Crippen molar-refractivity contribution >= 4 is 5.97 Å². The molecule has 1 fully saturated rings. The third kappa shape index (κ3) is 1.93. The Morgan fingerprint density at radius 3 is 3.06 bits per heavy atom. The van der Waals surface area contributed by atoms with Crippen molar-refractivity contribution in [2.45, 2.75) is 31.7 Å². The number of nitrogens with one attached hydrogen (secondary N) is 1. The Balaban J connectivity index is 1.81. The van der Waals surface area contributed by atoms with E-state index in [2.05, 4.69) is 15.4 Å². The number of hydrogen-bond acceptors (Lipinski definition) is 4. The first-order valence-electron chi connectivity index (χ1n) is 6.11. The Kier molecular flexibility index (Phi) is 2.58. The van der Waals surface area contributed by atoms with Gasteiger partial charge in [-0.1, -0.05) is 0 Å². The van der Waals surface area contributed by atoms with Gasteiger partial charge in [0, 0.05) is 18.9 Å². The highest BCUT2D eigenvalue weighted by molar-refractivity contribution is 5.70. The van der Waals surface area contributed by atoms with Crippen LogP contribution in [0.15, 0.2) is 0 Å². The van der Waals surface area contributed by atoms with E-state index < -0.39 is 5.97 Å². The van der Waals surface area contributed by atoms with Crippen LogP contribution in [-0.2, 0) is 17.8 Å². The van der Waals surface area contributed by atoms with Gasteiger partial charge in [-0.25, -0.2) is 9.67 Å². The quantitative estimate of drug-likeness (QED) is 0.755. The normalized spacial score (nSPS) is 28.0. The second kappa shape index (κ2) is 4.10. The molecule has 3 rings (SSSR count). The molecule has 0 radical (unpaired) electrons. The molecule has 2 atom stereocenters. The Labute approximate surface area is 99.0 Å². The van der Waals surface area contributed by atoms with Crippen LogP contribution in [0.25, 0.3) is 0 Å². The van der Waals surface area contributed by atoms with Crippen molar-refractivity contribution in [3.8, 4) is 0 Å². The van der Waals surface area contributed by atoms with Gasteiger partial charge in [0.25, 0.3) is 0 Å². The van der Waals surface area contributed by atoms with Gasteiger partial charge in [-0.15, -0.1) is 0 Å². The molecule has 0 amide bonds. The van der Waals surface area contributed by atoms with Gasteiger partial charge in [0.05, 0.1) is 12.5 Å². The van der Waals surface area contributed by atoms with Crippen LogP contribution >= 0.6 is 0 Å². The minimum atomic E-state index is -0.727. The summed E-state index contributed by atoms with van der Waals surface area (Å²) >= 11 is 0. The molecule has 1 aromatic rings. The van der Waals surface area contributed by atoms with Crippen LogP contribution in [0.2, 0.25) is 0 Å². The van der Waals surface area contributed by atoms with E-state index >= 15 is 0 Å². The van der Waals surface area contributed by atoms with Crippen LogP contribution < -0.4 is 5.32 Å². The number of carboxylic acid groups (broad SMARTS) is 1. The van der Waals surface area contributed by atoms with E-state index in [9.17, 15) is 4.79 Å². The minimum Gasteiger partial charge on any atom is -0.481 e. The molecule has 2 aliphatic heterocycles. The molecular formula is C11H16N4O2. The molecule has 0 spiro atoms. The second-order valence-corrected chi connectivity index (χ2v) is 4.83. The maximum absolute atomic E-state index is 11.0. The standard InChI is InChI=1S/C11H16N4O2/c16-11(17)8-1-2-9-13-10(14-15(9)6-8)7-3-4-12-5-7/h7-8,12H,1-6H2,(H,16,17). The number of carboxylic acids is 1. The van der Waals surface area contributed by atoms with E-state index in [1.54, 1.807) is 4.68 Å². The summed E-state index contributed by atoms with van der Waals surface area (Å²) in [6, 6.07) is 0. The van der Waals surface area contributed by atoms with E-state index in [4.69, 9.17) is 5.11 Å². The summed E-state index contributed by atoms with van der Waals surface area (Å²) in [6.07, 6.45) is 2.48. The molecular weight excluding hydrogens is 220 g/mol. The molecule has 0 aromatic carbocycles. The van der Waals surface area contributed by atoms with Crippen LogP contribution in [0.1, 0.15) is 30.4 Å². The average Bonchev–Trinajstić information content (AvgIpc) is 2.96. The molecule has 1 aromatic heterocycles. The third-order valence-electron chi connectivity index (χ3n) is 3.65. The van der Waals surface area contributed by atoms with Gasteiger partial charge in [0.15, 0.2) is 5.82 Å². The predicted octanol–water partition coefficient (Wildman–Crippen LogP) is 0.00200. The van der Waals surface area contributed by atoms with Crippen LogP contribution in [-0.4, -0.2) is 38.9 Å². The van der Waals surface area contributed by atoms with Crippen LogP contribution in [0.3, 0.4) is 0 Å². The molecule has 0 bridgehead atoms. The number of hydrogen-bond donors (Lipinski definition) is 2. The highest BCUT2D eigenvalue weighted by atomic mass is 16.4. The Hall–Kier alpha value is -1.43. The van der Waals surface area contributed by atoms with E-state index in [1.807, 2.05) is 0 Å². The number of aromatic nitrogens is 3. The molecule has 0 aliphatic carbocycles. The molecule has 92 valence electrons. The van der Waals surface area contributed by atoms with Crippen molar-refractivity contribution in [2.24, 2.45) is 5.92 Å². The van der Waals surface area contributed by atoms with Gasteiger partial charge in [0.1, 0.15) is 5.82 Å². The molecule has 17 heavy (non-hydrogen) atoms. The monoisotopic (exact) mass is 236 g/mol. The van der Waals surface area contributed by atoms with Gasteiger partial charge in [-0.3, -0.25) is 4.79 Å².